The highest BCUT2D eigenvalue weighted by molar-refractivity contribution is 5.98. The molecule has 1 saturated heterocycles. The van der Waals surface area contributed by atoms with Crippen molar-refractivity contribution in [2.24, 2.45) is 5.92 Å². The van der Waals surface area contributed by atoms with Gasteiger partial charge in [0.05, 0.1) is 0 Å². The molecule has 1 atom stereocenters. The number of rotatable bonds is 2. The molecule has 1 aliphatic rings. The molecule has 1 amide bonds. The van der Waals surface area contributed by atoms with Crippen LogP contribution in [0.5, 0.6) is 0 Å². The Morgan fingerprint density at radius 2 is 2.05 bits per heavy atom. The van der Waals surface area contributed by atoms with E-state index in [1.54, 1.807) is 17.2 Å². The third-order valence-electron chi connectivity index (χ3n) is 3.41. The largest absolute Gasteiger partial charge is 0.444 e. The molecule has 0 bridgehead atoms. The summed E-state index contributed by atoms with van der Waals surface area (Å²) in [5.74, 6) is -0.115. The first-order valence-corrected chi connectivity index (χ1v) is 7.21. The van der Waals surface area contributed by atoms with Crippen LogP contribution in [0.15, 0.2) is 18.3 Å². The van der Waals surface area contributed by atoms with Gasteiger partial charge >= 0.3 is 6.09 Å². The van der Waals surface area contributed by atoms with Crippen LogP contribution in [0.3, 0.4) is 0 Å². The summed E-state index contributed by atoms with van der Waals surface area (Å²) in [6.07, 6.45) is 1.93. The number of likely N-dealkylation sites (tertiary alicyclic amines) is 1. The van der Waals surface area contributed by atoms with Crippen molar-refractivity contribution in [3.05, 3.63) is 29.6 Å². The topological polar surface area (TPSA) is 59.5 Å². The molecule has 0 N–H and O–H groups in total. The van der Waals surface area contributed by atoms with Gasteiger partial charge in [-0.05, 0) is 46.2 Å². The maximum Gasteiger partial charge on any atom is 0.410 e. The Kier molecular flexibility index (Phi) is 4.30. The average molecular weight is 290 g/mol. The van der Waals surface area contributed by atoms with Gasteiger partial charge in [-0.25, -0.2) is 4.79 Å². The molecular weight excluding hydrogens is 268 g/mol. The lowest BCUT2D eigenvalue weighted by Gasteiger charge is -2.24. The Balaban J connectivity index is 1.97. The van der Waals surface area contributed by atoms with Gasteiger partial charge in [0, 0.05) is 36.5 Å². The van der Waals surface area contributed by atoms with Crippen molar-refractivity contribution >= 4 is 11.9 Å². The quantitative estimate of drug-likeness (QED) is 0.786. The Hall–Kier alpha value is -1.91. The van der Waals surface area contributed by atoms with Crippen LogP contribution >= 0.6 is 0 Å². The van der Waals surface area contributed by atoms with Gasteiger partial charge < -0.3 is 9.64 Å². The van der Waals surface area contributed by atoms with Crippen LogP contribution in [-0.2, 0) is 4.74 Å². The predicted molar refractivity (Wildman–Crippen MR) is 79.2 cm³/mol. The summed E-state index contributed by atoms with van der Waals surface area (Å²) in [4.78, 5) is 30.1. The third-order valence-corrected chi connectivity index (χ3v) is 3.41. The number of pyridine rings is 1. The van der Waals surface area contributed by atoms with Crippen molar-refractivity contribution in [1.29, 1.82) is 0 Å². The van der Waals surface area contributed by atoms with Gasteiger partial charge in [0.15, 0.2) is 5.78 Å². The SMILES string of the molecule is Cc1ccc(C(=O)C2CCN(C(=O)OC(C)(C)C)C2)cn1. The highest BCUT2D eigenvalue weighted by atomic mass is 16.6. The van der Waals surface area contributed by atoms with E-state index in [9.17, 15) is 9.59 Å². The Labute approximate surface area is 125 Å². The minimum Gasteiger partial charge on any atom is -0.444 e. The van der Waals surface area contributed by atoms with E-state index >= 15 is 0 Å². The summed E-state index contributed by atoms with van der Waals surface area (Å²) < 4.78 is 5.33. The van der Waals surface area contributed by atoms with E-state index < -0.39 is 5.60 Å². The Morgan fingerprint density at radius 3 is 2.62 bits per heavy atom. The minimum absolute atomic E-state index is 0.0496. The predicted octanol–water partition coefficient (Wildman–Crippen LogP) is 2.83. The second kappa shape index (κ2) is 5.84. The van der Waals surface area contributed by atoms with Gasteiger partial charge in [-0.1, -0.05) is 0 Å². The van der Waals surface area contributed by atoms with Gasteiger partial charge in [-0.3, -0.25) is 9.78 Å². The molecular formula is C16H22N2O3. The molecule has 2 rings (SSSR count). The molecule has 21 heavy (non-hydrogen) atoms. The molecule has 0 spiro atoms. The van der Waals surface area contributed by atoms with Gasteiger partial charge in [0.1, 0.15) is 5.60 Å². The molecule has 1 fully saturated rings. The number of Topliss-reactive ketones (excluding diaryl/α,β-unsaturated/α-hetero) is 1. The average Bonchev–Trinajstić information content (AvgIpc) is 2.86. The number of nitrogens with zero attached hydrogens (tertiary/aromatic N) is 2. The van der Waals surface area contributed by atoms with E-state index in [0.29, 0.717) is 25.1 Å². The van der Waals surface area contributed by atoms with Crippen LogP contribution in [0.4, 0.5) is 4.79 Å². The molecule has 114 valence electrons. The van der Waals surface area contributed by atoms with Crippen molar-refractivity contribution < 1.29 is 14.3 Å². The summed E-state index contributed by atoms with van der Waals surface area (Å²) in [7, 11) is 0. The van der Waals surface area contributed by atoms with E-state index in [-0.39, 0.29) is 17.8 Å². The second-order valence-electron chi connectivity index (χ2n) is 6.46. The highest BCUT2D eigenvalue weighted by Crippen LogP contribution is 2.22. The van der Waals surface area contributed by atoms with Gasteiger partial charge in [-0.15, -0.1) is 0 Å². The lowest BCUT2D eigenvalue weighted by atomic mass is 9.98. The van der Waals surface area contributed by atoms with Crippen molar-refractivity contribution in [2.75, 3.05) is 13.1 Å². The normalized spacial score (nSPS) is 18.7. The zero-order valence-corrected chi connectivity index (χ0v) is 13.0. The number of carbonyl (C=O) groups excluding carboxylic acids is 2. The zero-order valence-electron chi connectivity index (χ0n) is 13.0. The molecule has 1 aromatic rings. The fourth-order valence-corrected chi connectivity index (χ4v) is 2.32. The Bertz CT molecular complexity index is 531. The number of hydrogen-bond donors (Lipinski definition) is 0. The first-order chi connectivity index (χ1) is 9.76. The van der Waals surface area contributed by atoms with Crippen LogP contribution in [0.25, 0.3) is 0 Å². The first kappa shape index (κ1) is 15.5. The third kappa shape index (κ3) is 4.03. The van der Waals surface area contributed by atoms with E-state index in [0.717, 1.165) is 5.69 Å². The lowest BCUT2D eigenvalue weighted by Crippen LogP contribution is -2.35. The lowest BCUT2D eigenvalue weighted by molar-refractivity contribution is 0.0289. The number of aryl methyl sites for hydroxylation is 1. The number of ketones is 1. The molecule has 0 saturated carbocycles. The van der Waals surface area contributed by atoms with Crippen molar-refractivity contribution in [3.63, 3.8) is 0 Å². The summed E-state index contributed by atoms with van der Waals surface area (Å²) in [5.41, 5.74) is 0.977. The van der Waals surface area contributed by atoms with Gasteiger partial charge in [-0.2, -0.15) is 0 Å². The van der Waals surface area contributed by atoms with Crippen LogP contribution in [0, 0.1) is 12.8 Å². The van der Waals surface area contributed by atoms with E-state index in [1.165, 1.54) is 0 Å². The van der Waals surface area contributed by atoms with E-state index in [1.807, 2.05) is 33.8 Å². The molecule has 0 radical (unpaired) electrons. The molecule has 1 unspecified atom stereocenters. The van der Waals surface area contributed by atoms with Crippen LogP contribution in [0.1, 0.15) is 43.2 Å². The number of aromatic nitrogens is 1. The number of carbonyl (C=O) groups is 2. The minimum atomic E-state index is -0.514. The summed E-state index contributed by atoms with van der Waals surface area (Å²) in [6, 6.07) is 3.62. The second-order valence-corrected chi connectivity index (χ2v) is 6.46. The summed E-state index contributed by atoms with van der Waals surface area (Å²) in [5, 5.41) is 0. The monoisotopic (exact) mass is 290 g/mol. The van der Waals surface area contributed by atoms with E-state index in [4.69, 9.17) is 4.74 Å². The van der Waals surface area contributed by atoms with Gasteiger partial charge in [0.25, 0.3) is 0 Å². The van der Waals surface area contributed by atoms with Crippen LogP contribution < -0.4 is 0 Å². The molecule has 1 aliphatic heterocycles. The van der Waals surface area contributed by atoms with Crippen molar-refractivity contribution in [1.82, 2.24) is 9.88 Å². The molecule has 1 aromatic heterocycles. The Morgan fingerprint density at radius 1 is 1.33 bits per heavy atom. The maximum absolute atomic E-state index is 12.4. The molecule has 5 nitrogen and oxygen atoms in total. The number of amides is 1. The van der Waals surface area contributed by atoms with E-state index in [2.05, 4.69) is 4.98 Å². The molecule has 2 heterocycles. The van der Waals surface area contributed by atoms with Crippen molar-refractivity contribution in [3.8, 4) is 0 Å². The molecule has 0 aliphatic carbocycles. The zero-order chi connectivity index (χ0) is 15.6. The van der Waals surface area contributed by atoms with Crippen molar-refractivity contribution in [2.45, 2.75) is 39.7 Å². The fourth-order valence-electron chi connectivity index (χ4n) is 2.32. The summed E-state index contributed by atoms with van der Waals surface area (Å²) in [6.45, 7) is 8.37. The number of ether oxygens (including phenoxy) is 1. The smallest absolute Gasteiger partial charge is 0.410 e. The van der Waals surface area contributed by atoms with Crippen LogP contribution in [0.2, 0.25) is 0 Å². The first-order valence-electron chi connectivity index (χ1n) is 7.21. The van der Waals surface area contributed by atoms with Gasteiger partial charge in [0.2, 0.25) is 0 Å². The number of hydrogen-bond acceptors (Lipinski definition) is 4. The van der Waals surface area contributed by atoms with Crippen LogP contribution in [-0.4, -0.2) is 40.5 Å². The highest BCUT2D eigenvalue weighted by Gasteiger charge is 2.33. The molecule has 5 heteroatoms. The molecule has 0 aromatic carbocycles. The standard InChI is InChI=1S/C16H22N2O3/c1-11-5-6-12(9-17-11)14(19)13-7-8-18(10-13)15(20)21-16(2,3)4/h5-6,9,13H,7-8,10H2,1-4H3. The maximum atomic E-state index is 12.4. The fraction of sp³-hybridized carbons (Fsp3) is 0.562. The summed E-state index contributed by atoms with van der Waals surface area (Å²) >= 11 is 0.